The number of benzene rings is 1. The Morgan fingerprint density at radius 1 is 1.29 bits per heavy atom. The fourth-order valence-electron chi connectivity index (χ4n) is 3.76. The van der Waals surface area contributed by atoms with Crippen molar-refractivity contribution in [3.05, 3.63) is 51.2 Å². The number of thiazole rings is 1. The molecule has 0 aliphatic carbocycles. The molecule has 0 atom stereocenters. The number of nitrogens with one attached hydrogen (secondary N) is 2. The molecule has 1 saturated heterocycles. The predicted molar refractivity (Wildman–Crippen MR) is 142 cm³/mol. The summed E-state index contributed by atoms with van der Waals surface area (Å²) in [4.78, 5) is 11.4. The largest absolute Gasteiger partial charge is 0.356 e. The third-order valence-corrected chi connectivity index (χ3v) is 6.88. The second-order valence-electron chi connectivity index (χ2n) is 7.73. The summed E-state index contributed by atoms with van der Waals surface area (Å²) >= 11 is 3.43. The van der Waals surface area contributed by atoms with E-state index in [9.17, 15) is 4.39 Å². The summed E-state index contributed by atoms with van der Waals surface area (Å²) in [5.41, 5.74) is 3.34. The third kappa shape index (κ3) is 8.51. The average Bonchev–Trinajstić information content (AvgIpc) is 3.15. The van der Waals surface area contributed by atoms with Crippen molar-refractivity contribution in [2.45, 2.75) is 38.6 Å². The minimum absolute atomic E-state index is 0. The lowest BCUT2D eigenvalue weighted by atomic mass is 9.97. The van der Waals surface area contributed by atoms with Crippen molar-refractivity contribution in [3.8, 4) is 0 Å². The highest BCUT2D eigenvalue weighted by Gasteiger charge is 2.20. The van der Waals surface area contributed by atoms with Crippen molar-refractivity contribution in [1.82, 2.24) is 20.5 Å². The zero-order valence-corrected chi connectivity index (χ0v) is 22.5. The quantitative estimate of drug-likeness (QED) is 0.272. The Hall–Kier alpha value is -0.910. The number of rotatable bonds is 8. The molecule has 0 bridgehead atoms. The van der Waals surface area contributed by atoms with Gasteiger partial charge in [-0.3, -0.25) is 9.89 Å². The van der Waals surface area contributed by atoms with Gasteiger partial charge in [-0.2, -0.15) is 11.8 Å². The first kappa shape index (κ1) is 26.3. The second kappa shape index (κ2) is 13.6. The highest BCUT2D eigenvalue weighted by Crippen LogP contribution is 2.19. The molecule has 0 saturated carbocycles. The first-order valence-electron chi connectivity index (χ1n) is 10.4. The summed E-state index contributed by atoms with van der Waals surface area (Å²) in [5.74, 6) is 2.08. The van der Waals surface area contributed by atoms with E-state index in [1.165, 1.54) is 24.6 Å². The van der Waals surface area contributed by atoms with E-state index < -0.39 is 0 Å². The number of hydrogen-bond acceptors (Lipinski definition) is 5. The molecule has 1 aliphatic heterocycles. The normalized spacial score (nSPS) is 15.5. The molecule has 0 radical (unpaired) electrons. The fraction of sp³-hybridized carbons (Fsp3) is 0.545. The molecular formula is C22H33FIN5S2. The van der Waals surface area contributed by atoms with Gasteiger partial charge in [0.25, 0.3) is 0 Å². The van der Waals surface area contributed by atoms with Crippen molar-refractivity contribution < 1.29 is 4.39 Å². The van der Waals surface area contributed by atoms with Gasteiger partial charge in [-0.15, -0.1) is 35.3 Å². The number of aromatic nitrogens is 1. The molecule has 5 nitrogen and oxygen atoms in total. The van der Waals surface area contributed by atoms with E-state index in [1.807, 2.05) is 12.3 Å². The molecule has 3 rings (SSSR count). The zero-order valence-electron chi connectivity index (χ0n) is 18.5. The maximum atomic E-state index is 13.5. The Morgan fingerprint density at radius 2 is 2.06 bits per heavy atom. The Morgan fingerprint density at radius 3 is 2.71 bits per heavy atom. The van der Waals surface area contributed by atoms with Gasteiger partial charge in [-0.05, 0) is 68.3 Å². The lowest BCUT2D eigenvalue weighted by Crippen LogP contribution is -2.42. The molecule has 1 aliphatic rings. The van der Waals surface area contributed by atoms with Crippen molar-refractivity contribution in [1.29, 1.82) is 0 Å². The number of thioether (sulfide) groups is 1. The number of aryl methyl sites for hydroxylation is 1. The molecule has 1 aromatic carbocycles. The number of piperidine rings is 1. The monoisotopic (exact) mass is 577 g/mol. The molecule has 2 aromatic rings. The van der Waals surface area contributed by atoms with Crippen LogP contribution in [-0.2, 0) is 18.8 Å². The molecule has 0 spiro atoms. The predicted octanol–water partition coefficient (Wildman–Crippen LogP) is 4.65. The molecule has 1 fully saturated rings. The molecule has 9 heteroatoms. The van der Waals surface area contributed by atoms with Crippen LogP contribution in [0.1, 0.15) is 34.7 Å². The smallest absolute Gasteiger partial charge is 0.191 e. The number of hydrogen-bond donors (Lipinski definition) is 2. The van der Waals surface area contributed by atoms with Crippen LogP contribution in [0.2, 0.25) is 0 Å². The first-order chi connectivity index (χ1) is 14.6. The number of aliphatic imine (C=N–C) groups is 1. The van der Waals surface area contributed by atoms with E-state index in [2.05, 4.69) is 37.8 Å². The van der Waals surface area contributed by atoms with Crippen LogP contribution in [0.15, 0.2) is 28.6 Å². The topological polar surface area (TPSA) is 52.6 Å². The van der Waals surface area contributed by atoms with Crippen LogP contribution in [0, 0.1) is 18.7 Å². The van der Waals surface area contributed by atoms with E-state index in [0.29, 0.717) is 12.5 Å². The molecule has 2 N–H and O–H groups in total. The zero-order chi connectivity index (χ0) is 21.3. The minimum atomic E-state index is -0.179. The summed E-state index contributed by atoms with van der Waals surface area (Å²) in [6, 6.07) is 5.02. The summed E-state index contributed by atoms with van der Waals surface area (Å²) in [5, 5.41) is 10.2. The van der Waals surface area contributed by atoms with Crippen LogP contribution in [0.5, 0.6) is 0 Å². The van der Waals surface area contributed by atoms with Gasteiger partial charge >= 0.3 is 0 Å². The van der Waals surface area contributed by atoms with Gasteiger partial charge in [0.05, 0.1) is 10.7 Å². The molecular weight excluding hydrogens is 544 g/mol. The number of likely N-dealkylation sites (tertiary alicyclic amines) is 1. The standard InChI is InChI=1S/C22H32FN5S2.HI/c1-16-27-21(15-30-16)13-28-8-6-17(7-9-28)11-25-22(24-2)26-12-18-4-5-20(23)10-19(18)14-29-3;/h4-5,10,15,17H,6-9,11-14H2,1-3H3,(H2,24,25,26);1H. The minimum Gasteiger partial charge on any atom is -0.356 e. The Bertz CT molecular complexity index is 837. The Balaban J connectivity index is 0.00000341. The molecule has 1 aromatic heterocycles. The molecule has 2 heterocycles. The molecule has 0 amide bonds. The van der Waals surface area contributed by atoms with Gasteiger partial charge in [0.1, 0.15) is 5.82 Å². The van der Waals surface area contributed by atoms with Crippen LogP contribution < -0.4 is 10.6 Å². The Labute approximate surface area is 210 Å². The van der Waals surface area contributed by atoms with Crippen LogP contribution in [0.25, 0.3) is 0 Å². The maximum absolute atomic E-state index is 13.5. The van der Waals surface area contributed by atoms with E-state index in [0.717, 1.165) is 54.0 Å². The summed E-state index contributed by atoms with van der Waals surface area (Å²) < 4.78 is 13.5. The SMILES string of the molecule is CN=C(NCc1ccc(F)cc1CSC)NCC1CCN(Cc2csc(C)n2)CC1.I. The van der Waals surface area contributed by atoms with Crippen LogP contribution >= 0.6 is 47.1 Å². The third-order valence-electron chi connectivity index (χ3n) is 5.46. The fourth-order valence-corrected chi connectivity index (χ4v) is 4.94. The number of halogens is 2. The van der Waals surface area contributed by atoms with Gasteiger partial charge in [-0.1, -0.05) is 6.07 Å². The summed E-state index contributed by atoms with van der Waals surface area (Å²) in [6.45, 7) is 6.81. The van der Waals surface area contributed by atoms with Gasteiger partial charge in [0.2, 0.25) is 0 Å². The van der Waals surface area contributed by atoms with Gasteiger partial charge in [0, 0.05) is 37.8 Å². The second-order valence-corrected chi connectivity index (χ2v) is 9.66. The van der Waals surface area contributed by atoms with E-state index >= 15 is 0 Å². The van der Waals surface area contributed by atoms with Crippen molar-refractivity contribution in [2.24, 2.45) is 10.9 Å². The van der Waals surface area contributed by atoms with Crippen LogP contribution in [-0.4, -0.2) is 48.8 Å². The Kier molecular flexibility index (Phi) is 11.6. The van der Waals surface area contributed by atoms with Crippen LogP contribution in [0.4, 0.5) is 4.39 Å². The van der Waals surface area contributed by atoms with Crippen molar-refractivity contribution >= 4 is 53.0 Å². The van der Waals surface area contributed by atoms with Crippen molar-refractivity contribution in [2.75, 3.05) is 32.9 Å². The maximum Gasteiger partial charge on any atom is 0.191 e. The molecule has 31 heavy (non-hydrogen) atoms. The van der Waals surface area contributed by atoms with E-state index in [-0.39, 0.29) is 29.8 Å². The highest BCUT2D eigenvalue weighted by molar-refractivity contribution is 14.0. The summed E-state index contributed by atoms with van der Waals surface area (Å²) in [7, 11) is 1.79. The summed E-state index contributed by atoms with van der Waals surface area (Å²) in [6.07, 6.45) is 4.40. The van der Waals surface area contributed by atoms with Gasteiger partial charge < -0.3 is 10.6 Å². The van der Waals surface area contributed by atoms with Crippen molar-refractivity contribution in [3.63, 3.8) is 0 Å². The van der Waals surface area contributed by atoms with E-state index in [4.69, 9.17) is 0 Å². The molecule has 0 unspecified atom stereocenters. The first-order valence-corrected chi connectivity index (χ1v) is 12.7. The van der Waals surface area contributed by atoms with Crippen LogP contribution in [0.3, 0.4) is 0 Å². The number of nitrogens with zero attached hydrogens (tertiary/aromatic N) is 3. The average molecular weight is 578 g/mol. The van der Waals surface area contributed by atoms with Gasteiger partial charge in [-0.25, -0.2) is 9.37 Å². The lowest BCUT2D eigenvalue weighted by molar-refractivity contribution is 0.176. The van der Waals surface area contributed by atoms with Gasteiger partial charge in [0.15, 0.2) is 5.96 Å². The number of guanidine groups is 1. The van der Waals surface area contributed by atoms with E-state index in [1.54, 1.807) is 36.2 Å². The molecule has 172 valence electrons. The lowest BCUT2D eigenvalue weighted by Gasteiger charge is -2.31. The highest BCUT2D eigenvalue weighted by atomic mass is 127.